The Balaban J connectivity index is 1.29. The highest BCUT2D eigenvalue weighted by molar-refractivity contribution is 5.80. The van der Waals surface area contributed by atoms with Gasteiger partial charge in [0.25, 0.3) is 0 Å². The first-order valence-electron chi connectivity index (χ1n) is 9.69. The van der Waals surface area contributed by atoms with Crippen LogP contribution < -0.4 is 0 Å². The van der Waals surface area contributed by atoms with Gasteiger partial charge in [0.1, 0.15) is 0 Å². The molecule has 4 rings (SSSR count). The molecule has 1 aromatic carbocycles. The lowest BCUT2D eigenvalue weighted by atomic mass is 10.1. The average Bonchev–Trinajstić information content (AvgIpc) is 3.18. The molecule has 3 fully saturated rings. The second-order valence-electron chi connectivity index (χ2n) is 7.44. The van der Waals surface area contributed by atoms with Crippen molar-refractivity contribution < 1.29 is 9.53 Å². The van der Waals surface area contributed by atoms with E-state index in [1.165, 1.54) is 5.56 Å². The van der Waals surface area contributed by atoms with Crippen molar-refractivity contribution in [2.75, 3.05) is 52.5 Å². The zero-order valence-electron chi connectivity index (χ0n) is 15.0. The minimum atomic E-state index is 0.354. The number of fused-ring (bicyclic) bond motifs is 1. The summed E-state index contributed by atoms with van der Waals surface area (Å²) in [6, 6.07) is 11.5. The van der Waals surface area contributed by atoms with E-state index >= 15 is 0 Å². The first-order chi connectivity index (χ1) is 12.3. The van der Waals surface area contributed by atoms with Gasteiger partial charge >= 0.3 is 0 Å². The molecular formula is C20H29N3O2. The Hall–Kier alpha value is -1.43. The Morgan fingerprint density at radius 2 is 1.76 bits per heavy atom. The van der Waals surface area contributed by atoms with Gasteiger partial charge in [-0.2, -0.15) is 0 Å². The summed E-state index contributed by atoms with van der Waals surface area (Å²) in [6.07, 6.45) is 2.92. The molecule has 0 aromatic heterocycles. The molecule has 0 saturated carbocycles. The molecule has 3 heterocycles. The highest BCUT2D eigenvalue weighted by atomic mass is 16.5. The van der Waals surface area contributed by atoms with Crippen molar-refractivity contribution in [3.05, 3.63) is 35.9 Å². The minimum absolute atomic E-state index is 0.354. The summed E-state index contributed by atoms with van der Waals surface area (Å²) in [4.78, 5) is 19.7. The molecule has 0 aliphatic carbocycles. The molecule has 5 nitrogen and oxygen atoms in total. The summed E-state index contributed by atoms with van der Waals surface area (Å²) < 4.78 is 5.41. The maximum absolute atomic E-state index is 12.5. The van der Waals surface area contributed by atoms with Crippen LogP contribution in [0, 0.1) is 0 Å². The molecular weight excluding hydrogens is 314 g/mol. The number of benzene rings is 1. The van der Waals surface area contributed by atoms with Crippen molar-refractivity contribution in [1.29, 1.82) is 0 Å². The second kappa shape index (κ2) is 7.85. The van der Waals surface area contributed by atoms with Gasteiger partial charge in [0, 0.05) is 57.8 Å². The lowest BCUT2D eigenvalue weighted by Crippen LogP contribution is -2.44. The molecule has 0 bridgehead atoms. The number of amides is 1. The predicted octanol–water partition coefficient (Wildman–Crippen LogP) is 1.24. The van der Waals surface area contributed by atoms with Gasteiger partial charge in [-0.3, -0.25) is 14.6 Å². The number of likely N-dealkylation sites (tertiary alicyclic amines) is 2. The molecule has 136 valence electrons. The van der Waals surface area contributed by atoms with Crippen LogP contribution in [0.5, 0.6) is 0 Å². The van der Waals surface area contributed by atoms with E-state index in [1.807, 2.05) is 0 Å². The molecule has 25 heavy (non-hydrogen) atoms. The SMILES string of the molecule is O=C1C[C@H]2[C@@H](CCN2CCc2ccccc2)N1CCN1CCOCC1. The number of rotatable bonds is 6. The van der Waals surface area contributed by atoms with Crippen LogP contribution in [0.4, 0.5) is 0 Å². The Morgan fingerprint density at radius 1 is 0.960 bits per heavy atom. The van der Waals surface area contributed by atoms with E-state index in [9.17, 15) is 4.79 Å². The van der Waals surface area contributed by atoms with Crippen LogP contribution in [0.3, 0.4) is 0 Å². The highest BCUT2D eigenvalue weighted by Gasteiger charge is 2.46. The van der Waals surface area contributed by atoms with Crippen LogP contribution in [0.2, 0.25) is 0 Å². The quantitative estimate of drug-likeness (QED) is 0.779. The molecule has 5 heteroatoms. The number of hydrogen-bond acceptors (Lipinski definition) is 4. The standard InChI is InChI=1S/C20H29N3O2/c24-20-16-19-18(23(20)11-10-21-12-14-25-15-13-21)7-9-22(19)8-6-17-4-2-1-3-5-17/h1-5,18-19H,6-16H2/t18-,19+/m1/s1. The van der Waals surface area contributed by atoms with Gasteiger partial charge in [-0.1, -0.05) is 30.3 Å². The van der Waals surface area contributed by atoms with E-state index in [0.717, 1.165) is 65.3 Å². The van der Waals surface area contributed by atoms with Crippen LogP contribution >= 0.6 is 0 Å². The fourth-order valence-corrected chi connectivity index (χ4v) is 4.57. The molecule has 1 amide bonds. The fourth-order valence-electron chi connectivity index (χ4n) is 4.57. The van der Waals surface area contributed by atoms with Gasteiger partial charge in [-0.15, -0.1) is 0 Å². The molecule has 1 aromatic rings. The predicted molar refractivity (Wildman–Crippen MR) is 97.5 cm³/mol. The zero-order chi connectivity index (χ0) is 17.1. The Morgan fingerprint density at radius 3 is 2.56 bits per heavy atom. The van der Waals surface area contributed by atoms with Gasteiger partial charge in [0.05, 0.1) is 13.2 Å². The van der Waals surface area contributed by atoms with Crippen LogP contribution in [0.1, 0.15) is 18.4 Å². The number of carbonyl (C=O) groups excluding carboxylic acids is 1. The van der Waals surface area contributed by atoms with Gasteiger partial charge < -0.3 is 9.64 Å². The number of carbonyl (C=O) groups is 1. The highest BCUT2D eigenvalue weighted by Crippen LogP contribution is 2.32. The van der Waals surface area contributed by atoms with Crippen molar-refractivity contribution in [3.8, 4) is 0 Å². The maximum Gasteiger partial charge on any atom is 0.224 e. The van der Waals surface area contributed by atoms with E-state index < -0.39 is 0 Å². The first kappa shape index (κ1) is 17.0. The number of ether oxygens (including phenoxy) is 1. The lowest BCUT2D eigenvalue weighted by Gasteiger charge is -2.30. The zero-order valence-corrected chi connectivity index (χ0v) is 15.0. The number of morpholine rings is 1. The smallest absolute Gasteiger partial charge is 0.224 e. The van der Waals surface area contributed by atoms with Crippen LogP contribution in [0.25, 0.3) is 0 Å². The van der Waals surface area contributed by atoms with E-state index in [0.29, 0.717) is 24.4 Å². The summed E-state index contributed by atoms with van der Waals surface area (Å²) in [5, 5.41) is 0. The van der Waals surface area contributed by atoms with E-state index in [-0.39, 0.29) is 0 Å². The monoisotopic (exact) mass is 343 g/mol. The number of hydrogen-bond donors (Lipinski definition) is 0. The van der Waals surface area contributed by atoms with Gasteiger partial charge in [-0.25, -0.2) is 0 Å². The summed E-state index contributed by atoms with van der Waals surface area (Å²) >= 11 is 0. The van der Waals surface area contributed by atoms with E-state index in [2.05, 4.69) is 45.0 Å². The summed E-state index contributed by atoms with van der Waals surface area (Å²) in [7, 11) is 0. The van der Waals surface area contributed by atoms with Crippen LogP contribution in [-0.2, 0) is 16.0 Å². The summed E-state index contributed by atoms with van der Waals surface area (Å²) in [5.41, 5.74) is 1.39. The molecule has 0 N–H and O–H groups in total. The van der Waals surface area contributed by atoms with Crippen molar-refractivity contribution in [3.63, 3.8) is 0 Å². The van der Waals surface area contributed by atoms with Crippen molar-refractivity contribution in [1.82, 2.24) is 14.7 Å². The lowest BCUT2D eigenvalue weighted by molar-refractivity contribution is -0.129. The second-order valence-corrected chi connectivity index (χ2v) is 7.44. The fraction of sp³-hybridized carbons (Fsp3) is 0.650. The summed E-state index contributed by atoms with van der Waals surface area (Å²) in [5.74, 6) is 0.354. The molecule has 3 saturated heterocycles. The normalized spacial score (nSPS) is 27.8. The molecule has 0 unspecified atom stereocenters. The topological polar surface area (TPSA) is 36.0 Å². The van der Waals surface area contributed by atoms with Crippen LogP contribution in [-0.4, -0.2) is 85.2 Å². The molecule has 2 atom stereocenters. The van der Waals surface area contributed by atoms with Gasteiger partial charge in [0.15, 0.2) is 0 Å². The molecule has 0 radical (unpaired) electrons. The van der Waals surface area contributed by atoms with Gasteiger partial charge in [0.2, 0.25) is 5.91 Å². The summed E-state index contributed by atoms with van der Waals surface area (Å²) in [6.45, 7) is 7.72. The van der Waals surface area contributed by atoms with Crippen molar-refractivity contribution in [2.24, 2.45) is 0 Å². The van der Waals surface area contributed by atoms with E-state index in [1.54, 1.807) is 0 Å². The molecule has 3 aliphatic heterocycles. The third-order valence-electron chi connectivity index (χ3n) is 6.02. The minimum Gasteiger partial charge on any atom is -0.379 e. The molecule has 0 spiro atoms. The first-order valence-corrected chi connectivity index (χ1v) is 9.69. The Bertz CT molecular complexity index is 574. The van der Waals surface area contributed by atoms with Gasteiger partial charge in [-0.05, 0) is 18.4 Å². The van der Waals surface area contributed by atoms with Crippen molar-refractivity contribution in [2.45, 2.75) is 31.3 Å². The Labute approximate surface area is 150 Å². The number of nitrogens with zero attached hydrogens (tertiary/aromatic N) is 3. The third-order valence-corrected chi connectivity index (χ3v) is 6.02. The maximum atomic E-state index is 12.5. The van der Waals surface area contributed by atoms with Crippen molar-refractivity contribution >= 4 is 5.91 Å². The Kier molecular flexibility index (Phi) is 5.34. The van der Waals surface area contributed by atoms with E-state index in [4.69, 9.17) is 4.74 Å². The largest absolute Gasteiger partial charge is 0.379 e. The molecule has 3 aliphatic rings. The van der Waals surface area contributed by atoms with Crippen LogP contribution in [0.15, 0.2) is 30.3 Å². The third kappa shape index (κ3) is 3.89. The average molecular weight is 343 g/mol.